The van der Waals surface area contributed by atoms with E-state index in [1.54, 1.807) is 12.1 Å². The molecule has 1 aliphatic rings. The quantitative estimate of drug-likeness (QED) is 0.893. The van der Waals surface area contributed by atoms with Gasteiger partial charge in [0.05, 0.1) is 0 Å². The highest BCUT2D eigenvalue weighted by Gasteiger charge is 2.34. The summed E-state index contributed by atoms with van der Waals surface area (Å²) in [5.74, 6) is -0.207. The molecule has 1 heterocycles. The summed E-state index contributed by atoms with van der Waals surface area (Å²) in [6.07, 6.45) is 3.82. The van der Waals surface area contributed by atoms with Gasteiger partial charge in [0, 0.05) is 11.6 Å². The standard InChI is InChI=1S/C15H23FN2/c1-15(2,18-10-4-3-5-11-18)14(17)12-6-8-13(16)9-7-12/h6-9,14H,3-5,10-11,17H2,1-2H3. The third-order valence-electron chi connectivity index (χ3n) is 4.16. The van der Waals surface area contributed by atoms with Crippen LogP contribution in [0.5, 0.6) is 0 Å². The zero-order chi connectivity index (χ0) is 13.2. The molecule has 2 rings (SSSR count). The summed E-state index contributed by atoms with van der Waals surface area (Å²) < 4.78 is 13.0. The molecule has 1 fully saturated rings. The number of hydrogen-bond donors (Lipinski definition) is 1. The van der Waals surface area contributed by atoms with Crippen molar-refractivity contribution in [2.75, 3.05) is 13.1 Å². The maximum atomic E-state index is 13.0. The fourth-order valence-corrected chi connectivity index (χ4v) is 2.74. The molecule has 0 aromatic heterocycles. The number of benzene rings is 1. The molecule has 1 saturated heterocycles. The Morgan fingerprint density at radius 3 is 2.22 bits per heavy atom. The minimum absolute atomic E-state index is 0.0851. The number of nitrogens with zero attached hydrogens (tertiary/aromatic N) is 1. The monoisotopic (exact) mass is 250 g/mol. The molecule has 2 nitrogen and oxygen atoms in total. The third-order valence-corrected chi connectivity index (χ3v) is 4.16. The summed E-state index contributed by atoms with van der Waals surface area (Å²) in [5, 5.41) is 0. The zero-order valence-corrected chi connectivity index (χ0v) is 11.3. The number of hydrogen-bond acceptors (Lipinski definition) is 2. The van der Waals surface area contributed by atoms with E-state index in [1.165, 1.54) is 31.4 Å². The second-order valence-corrected chi connectivity index (χ2v) is 5.73. The van der Waals surface area contributed by atoms with E-state index in [4.69, 9.17) is 5.73 Å². The topological polar surface area (TPSA) is 29.3 Å². The van der Waals surface area contributed by atoms with Crippen LogP contribution in [0.1, 0.15) is 44.7 Å². The molecule has 18 heavy (non-hydrogen) atoms. The fraction of sp³-hybridized carbons (Fsp3) is 0.600. The molecular formula is C15H23FN2. The van der Waals surface area contributed by atoms with Crippen LogP contribution in [0, 0.1) is 5.82 Å². The van der Waals surface area contributed by atoms with E-state index in [9.17, 15) is 4.39 Å². The number of piperidine rings is 1. The molecule has 3 heteroatoms. The predicted molar refractivity (Wildman–Crippen MR) is 72.8 cm³/mol. The smallest absolute Gasteiger partial charge is 0.123 e. The summed E-state index contributed by atoms with van der Waals surface area (Å²) in [7, 11) is 0. The Balaban J connectivity index is 2.14. The molecule has 2 N–H and O–H groups in total. The molecular weight excluding hydrogens is 227 g/mol. The predicted octanol–water partition coefficient (Wildman–Crippen LogP) is 3.09. The normalized spacial score (nSPS) is 19.8. The third kappa shape index (κ3) is 2.73. The Labute approximate surface area is 109 Å². The number of halogens is 1. The van der Waals surface area contributed by atoms with Gasteiger partial charge < -0.3 is 5.73 Å². The van der Waals surface area contributed by atoms with Crippen LogP contribution in [0.2, 0.25) is 0 Å². The van der Waals surface area contributed by atoms with Gasteiger partial charge in [-0.1, -0.05) is 18.6 Å². The van der Waals surface area contributed by atoms with Crippen LogP contribution in [0.4, 0.5) is 4.39 Å². The van der Waals surface area contributed by atoms with Crippen molar-refractivity contribution in [3.8, 4) is 0 Å². The van der Waals surface area contributed by atoms with Crippen LogP contribution in [0.25, 0.3) is 0 Å². The molecule has 0 saturated carbocycles. The molecule has 0 spiro atoms. The molecule has 0 bridgehead atoms. The second kappa shape index (κ2) is 5.37. The molecule has 1 aliphatic heterocycles. The average Bonchev–Trinajstić information content (AvgIpc) is 2.40. The van der Waals surface area contributed by atoms with Gasteiger partial charge in [-0.15, -0.1) is 0 Å². The van der Waals surface area contributed by atoms with E-state index < -0.39 is 0 Å². The highest BCUT2D eigenvalue weighted by molar-refractivity contribution is 5.23. The lowest BCUT2D eigenvalue weighted by Gasteiger charge is -2.44. The SMILES string of the molecule is CC(C)(C(N)c1ccc(F)cc1)N1CCCCC1. The minimum Gasteiger partial charge on any atom is -0.322 e. The highest BCUT2D eigenvalue weighted by Crippen LogP contribution is 2.31. The largest absolute Gasteiger partial charge is 0.322 e. The first-order valence-electron chi connectivity index (χ1n) is 6.78. The molecule has 1 atom stereocenters. The van der Waals surface area contributed by atoms with Crippen LogP contribution in [-0.2, 0) is 0 Å². The Morgan fingerprint density at radius 1 is 1.11 bits per heavy atom. The maximum absolute atomic E-state index is 13.0. The first-order chi connectivity index (χ1) is 8.51. The molecule has 0 aliphatic carbocycles. The number of likely N-dealkylation sites (tertiary alicyclic amines) is 1. The Morgan fingerprint density at radius 2 is 1.67 bits per heavy atom. The lowest BCUT2D eigenvalue weighted by atomic mass is 9.86. The van der Waals surface area contributed by atoms with Crippen molar-refractivity contribution in [3.05, 3.63) is 35.6 Å². The van der Waals surface area contributed by atoms with Gasteiger partial charge in [0.1, 0.15) is 5.82 Å². The Bertz CT molecular complexity index is 380. The summed E-state index contributed by atoms with van der Waals surface area (Å²) in [6, 6.07) is 6.48. The van der Waals surface area contributed by atoms with Crippen molar-refractivity contribution in [1.29, 1.82) is 0 Å². The van der Waals surface area contributed by atoms with Gasteiger partial charge >= 0.3 is 0 Å². The van der Waals surface area contributed by atoms with E-state index in [1.807, 2.05) is 0 Å². The van der Waals surface area contributed by atoms with Crippen LogP contribution in [-0.4, -0.2) is 23.5 Å². The number of nitrogens with two attached hydrogens (primary N) is 1. The lowest BCUT2D eigenvalue weighted by Crippen LogP contribution is -2.53. The second-order valence-electron chi connectivity index (χ2n) is 5.73. The highest BCUT2D eigenvalue weighted by atomic mass is 19.1. The van der Waals surface area contributed by atoms with Crippen molar-refractivity contribution in [2.45, 2.75) is 44.7 Å². The van der Waals surface area contributed by atoms with Crippen molar-refractivity contribution in [1.82, 2.24) is 4.90 Å². The van der Waals surface area contributed by atoms with Crippen molar-refractivity contribution >= 4 is 0 Å². The summed E-state index contributed by atoms with van der Waals surface area (Å²) >= 11 is 0. The van der Waals surface area contributed by atoms with E-state index >= 15 is 0 Å². The Hall–Kier alpha value is -0.930. The molecule has 1 unspecified atom stereocenters. The first-order valence-corrected chi connectivity index (χ1v) is 6.78. The Kier molecular flexibility index (Phi) is 4.03. The number of rotatable bonds is 3. The van der Waals surface area contributed by atoms with Gasteiger partial charge in [-0.05, 0) is 57.5 Å². The van der Waals surface area contributed by atoms with Crippen molar-refractivity contribution < 1.29 is 4.39 Å². The van der Waals surface area contributed by atoms with E-state index in [0.717, 1.165) is 18.7 Å². The van der Waals surface area contributed by atoms with Crippen molar-refractivity contribution in [2.24, 2.45) is 5.73 Å². The molecule has 1 aromatic rings. The van der Waals surface area contributed by atoms with Gasteiger partial charge in [-0.25, -0.2) is 4.39 Å². The van der Waals surface area contributed by atoms with Gasteiger partial charge in [0.15, 0.2) is 0 Å². The van der Waals surface area contributed by atoms with Gasteiger partial charge in [-0.2, -0.15) is 0 Å². The van der Waals surface area contributed by atoms with Crippen LogP contribution >= 0.6 is 0 Å². The summed E-state index contributed by atoms with van der Waals surface area (Å²) in [6.45, 7) is 6.60. The lowest BCUT2D eigenvalue weighted by molar-refractivity contribution is 0.0729. The molecule has 0 radical (unpaired) electrons. The van der Waals surface area contributed by atoms with E-state index in [-0.39, 0.29) is 17.4 Å². The minimum atomic E-state index is -0.207. The first kappa shape index (κ1) is 13.5. The summed E-state index contributed by atoms with van der Waals surface area (Å²) in [5.41, 5.74) is 7.31. The van der Waals surface area contributed by atoms with E-state index in [2.05, 4.69) is 18.7 Å². The molecule has 0 amide bonds. The van der Waals surface area contributed by atoms with Gasteiger partial charge in [-0.3, -0.25) is 4.90 Å². The van der Waals surface area contributed by atoms with Crippen molar-refractivity contribution in [3.63, 3.8) is 0 Å². The average molecular weight is 250 g/mol. The van der Waals surface area contributed by atoms with Gasteiger partial charge in [0.2, 0.25) is 0 Å². The van der Waals surface area contributed by atoms with Crippen LogP contribution < -0.4 is 5.73 Å². The fourth-order valence-electron chi connectivity index (χ4n) is 2.74. The molecule has 1 aromatic carbocycles. The van der Waals surface area contributed by atoms with Crippen LogP contribution in [0.3, 0.4) is 0 Å². The maximum Gasteiger partial charge on any atom is 0.123 e. The zero-order valence-electron chi connectivity index (χ0n) is 11.3. The summed E-state index contributed by atoms with van der Waals surface area (Å²) in [4.78, 5) is 2.46. The van der Waals surface area contributed by atoms with Gasteiger partial charge in [0.25, 0.3) is 0 Å². The molecule has 100 valence electrons. The van der Waals surface area contributed by atoms with E-state index in [0.29, 0.717) is 0 Å². The van der Waals surface area contributed by atoms with Crippen LogP contribution in [0.15, 0.2) is 24.3 Å².